The molecule has 1 aliphatic heterocycles. The number of fused-ring (bicyclic) bond motifs is 1. The summed E-state index contributed by atoms with van der Waals surface area (Å²) in [5, 5.41) is 6.70. The van der Waals surface area contributed by atoms with Crippen LogP contribution in [0.3, 0.4) is 0 Å². The Morgan fingerprint density at radius 3 is 2.17 bits per heavy atom. The van der Waals surface area contributed by atoms with Crippen LogP contribution >= 0.6 is 0 Å². The van der Waals surface area contributed by atoms with Gasteiger partial charge < -0.3 is 33.7 Å². The van der Waals surface area contributed by atoms with Crippen LogP contribution in [0.1, 0.15) is 31.8 Å². The van der Waals surface area contributed by atoms with Gasteiger partial charge in [-0.25, -0.2) is 10.2 Å². The molecule has 0 saturated heterocycles. The monoisotopic (exact) mass is 623 g/mol. The fraction of sp³-hybridized carbons (Fsp3) is 0.118. The molecular weight excluding hydrogens is 594 g/mol. The summed E-state index contributed by atoms with van der Waals surface area (Å²) in [7, 11) is 4.34. The molecule has 0 aliphatic carbocycles. The molecule has 4 aromatic rings. The lowest BCUT2D eigenvalue weighted by molar-refractivity contribution is -0.117. The minimum Gasteiger partial charge on any atom is -0.493 e. The van der Waals surface area contributed by atoms with E-state index in [0.29, 0.717) is 33.9 Å². The molecule has 0 fully saturated rings. The van der Waals surface area contributed by atoms with Crippen molar-refractivity contribution < 1.29 is 42.8 Å². The van der Waals surface area contributed by atoms with Crippen LogP contribution in [0.2, 0.25) is 0 Å². The predicted octanol–water partition coefficient (Wildman–Crippen LogP) is 4.58. The zero-order valence-electron chi connectivity index (χ0n) is 25.1. The summed E-state index contributed by atoms with van der Waals surface area (Å²) in [5.41, 5.74) is 3.82. The lowest BCUT2D eigenvalue weighted by Gasteiger charge is -2.14. The Bertz CT molecular complexity index is 1800. The third kappa shape index (κ3) is 7.25. The second-order valence-corrected chi connectivity index (χ2v) is 9.53. The van der Waals surface area contributed by atoms with Crippen LogP contribution in [0.25, 0.3) is 6.08 Å². The zero-order chi connectivity index (χ0) is 32.5. The van der Waals surface area contributed by atoms with Gasteiger partial charge in [0, 0.05) is 11.1 Å². The van der Waals surface area contributed by atoms with Crippen LogP contribution in [0.4, 0.5) is 0 Å². The maximum Gasteiger partial charge on any atom is 0.343 e. The Hall–Kier alpha value is -6.30. The average Bonchev–Trinajstić information content (AvgIpc) is 3.56. The van der Waals surface area contributed by atoms with E-state index in [4.69, 9.17) is 28.4 Å². The molecule has 5 rings (SSSR count). The largest absolute Gasteiger partial charge is 0.493 e. The van der Waals surface area contributed by atoms with Crippen LogP contribution in [0.15, 0.2) is 95.7 Å². The molecule has 1 heterocycles. The fourth-order valence-corrected chi connectivity index (χ4v) is 4.37. The molecule has 1 aliphatic rings. The number of nitrogens with one attached hydrogen (secondary N) is 2. The number of esters is 1. The maximum atomic E-state index is 13.3. The highest BCUT2D eigenvalue weighted by molar-refractivity contribution is 6.05. The molecule has 0 bridgehead atoms. The topological polar surface area (TPSA) is 143 Å². The van der Waals surface area contributed by atoms with E-state index >= 15 is 0 Å². The number of hydrogen-bond donors (Lipinski definition) is 2. The molecule has 0 saturated carbocycles. The molecule has 234 valence electrons. The fourth-order valence-electron chi connectivity index (χ4n) is 4.37. The quantitative estimate of drug-likeness (QED) is 0.0807. The Labute approximate surface area is 264 Å². The first kappa shape index (κ1) is 31.1. The first-order valence-electron chi connectivity index (χ1n) is 13.8. The van der Waals surface area contributed by atoms with Gasteiger partial charge in [-0.3, -0.25) is 9.59 Å². The first-order valence-corrected chi connectivity index (χ1v) is 13.8. The molecule has 2 N–H and O–H groups in total. The van der Waals surface area contributed by atoms with Gasteiger partial charge in [-0.2, -0.15) is 5.10 Å². The lowest BCUT2D eigenvalue weighted by atomic mass is 10.1. The first-order chi connectivity index (χ1) is 22.4. The second-order valence-electron chi connectivity index (χ2n) is 9.53. The van der Waals surface area contributed by atoms with Crippen LogP contribution in [-0.4, -0.2) is 52.1 Å². The Morgan fingerprint density at radius 2 is 1.46 bits per heavy atom. The summed E-state index contributed by atoms with van der Waals surface area (Å²) in [6.07, 6.45) is 2.80. The van der Waals surface area contributed by atoms with Gasteiger partial charge in [0.1, 0.15) is 11.4 Å². The normalized spacial score (nSPS) is 11.9. The van der Waals surface area contributed by atoms with E-state index in [0.717, 1.165) is 0 Å². The number of benzene rings is 4. The third-order valence-electron chi connectivity index (χ3n) is 6.63. The minimum absolute atomic E-state index is 0.0769. The predicted molar refractivity (Wildman–Crippen MR) is 168 cm³/mol. The van der Waals surface area contributed by atoms with E-state index in [2.05, 4.69) is 15.8 Å². The number of hydrazone groups is 1. The van der Waals surface area contributed by atoms with E-state index in [1.807, 2.05) is 0 Å². The van der Waals surface area contributed by atoms with Crippen molar-refractivity contribution in [3.05, 3.63) is 113 Å². The highest BCUT2D eigenvalue weighted by Crippen LogP contribution is 2.38. The van der Waals surface area contributed by atoms with E-state index in [1.165, 1.54) is 45.8 Å². The summed E-state index contributed by atoms with van der Waals surface area (Å²) in [5.74, 6) is 0.280. The summed E-state index contributed by atoms with van der Waals surface area (Å²) in [6.45, 7) is 0.0918. The van der Waals surface area contributed by atoms with Gasteiger partial charge in [-0.05, 0) is 60.2 Å². The van der Waals surface area contributed by atoms with Gasteiger partial charge >= 0.3 is 5.97 Å². The van der Waals surface area contributed by atoms with Crippen LogP contribution in [-0.2, 0) is 4.79 Å². The smallest absolute Gasteiger partial charge is 0.343 e. The van der Waals surface area contributed by atoms with E-state index in [1.54, 1.807) is 72.8 Å². The summed E-state index contributed by atoms with van der Waals surface area (Å²) >= 11 is 0. The highest BCUT2D eigenvalue weighted by Gasteiger charge is 2.20. The molecule has 12 nitrogen and oxygen atoms in total. The van der Waals surface area contributed by atoms with Crippen molar-refractivity contribution in [3.63, 3.8) is 0 Å². The Balaban J connectivity index is 1.34. The van der Waals surface area contributed by atoms with Crippen LogP contribution in [0.5, 0.6) is 34.5 Å². The number of carbonyl (C=O) groups is 3. The van der Waals surface area contributed by atoms with Gasteiger partial charge in [0.25, 0.3) is 11.8 Å². The van der Waals surface area contributed by atoms with Crippen molar-refractivity contribution in [2.75, 3.05) is 28.1 Å². The van der Waals surface area contributed by atoms with Gasteiger partial charge in [-0.1, -0.05) is 36.4 Å². The number of rotatable bonds is 11. The summed E-state index contributed by atoms with van der Waals surface area (Å²) < 4.78 is 32.4. The van der Waals surface area contributed by atoms with Gasteiger partial charge in [0.15, 0.2) is 23.0 Å². The molecule has 46 heavy (non-hydrogen) atoms. The standard InChI is InChI=1S/C34H29N3O9/c1-41-29-17-24(18-30(42-2)31(29)43-3)34(40)46-26-12-8-7-11-23(26)19-35-37-33(39)25(36-32(38)22-9-5-4-6-10-22)15-21-13-14-27-28(16-21)45-20-44-27/h4-19H,20H2,1-3H3,(H,36,38)(H,37,39). The van der Waals surface area contributed by atoms with Crippen LogP contribution < -0.4 is 39.2 Å². The molecule has 12 heteroatoms. The van der Waals surface area contributed by atoms with Crippen LogP contribution in [0, 0.1) is 0 Å². The van der Waals surface area contributed by atoms with E-state index in [9.17, 15) is 14.4 Å². The number of hydrogen-bond acceptors (Lipinski definition) is 10. The molecule has 0 spiro atoms. The Morgan fingerprint density at radius 1 is 0.761 bits per heavy atom. The summed E-state index contributed by atoms with van der Waals surface area (Å²) in [4.78, 5) is 39.3. The van der Waals surface area contributed by atoms with Crippen molar-refractivity contribution in [1.82, 2.24) is 10.7 Å². The maximum absolute atomic E-state index is 13.3. The molecule has 4 aromatic carbocycles. The average molecular weight is 624 g/mol. The minimum atomic E-state index is -0.704. The van der Waals surface area contributed by atoms with Gasteiger partial charge in [-0.15, -0.1) is 0 Å². The van der Waals surface area contributed by atoms with E-state index < -0.39 is 17.8 Å². The molecule has 0 radical (unpaired) electrons. The molecule has 2 amide bonds. The highest BCUT2D eigenvalue weighted by atomic mass is 16.7. The number of nitrogens with zero attached hydrogens (tertiary/aromatic N) is 1. The Kier molecular flexibility index (Phi) is 9.78. The number of para-hydroxylation sites is 1. The number of ether oxygens (including phenoxy) is 6. The summed E-state index contributed by atoms with van der Waals surface area (Å²) in [6, 6.07) is 23.1. The lowest BCUT2D eigenvalue weighted by Crippen LogP contribution is -2.32. The number of carbonyl (C=O) groups excluding carboxylic acids is 3. The van der Waals surface area contributed by atoms with E-state index in [-0.39, 0.29) is 35.3 Å². The van der Waals surface area contributed by atoms with Crippen molar-refractivity contribution in [1.29, 1.82) is 0 Å². The van der Waals surface area contributed by atoms with Crippen molar-refractivity contribution in [3.8, 4) is 34.5 Å². The molecular formula is C34H29N3O9. The number of methoxy groups -OCH3 is 3. The van der Waals surface area contributed by atoms with Crippen molar-refractivity contribution >= 4 is 30.1 Å². The number of amides is 2. The van der Waals surface area contributed by atoms with Crippen molar-refractivity contribution in [2.24, 2.45) is 5.10 Å². The molecule has 0 atom stereocenters. The van der Waals surface area contributed by atoms with Gasteiger partial charge in [0.05, 0.1) is 33.1 Å². The zero-order valence-corrected chi connectivity index (χ0v) is 25.1. The van der Waals surface area contributed by atoms with Crippen molar-refractivity contribution in [2.45, 2.75) is 0 Å². The molecule has 0 aromatic heterocycles. The molecule has 0 unspecified atom stereocenters. The second kappa shape index (κ2) is 14.4. The SMILES string of the molecule is COc1cc(C(=O)Oc2ccccc2C=NNC(=O)C(=Cc2ccc3c(c2)OCO3)NC(=O)c2ccccc2)cc(OC)c1OC. The third-order valence-corrected chi connectivity index (χ3v) is 6.63. The van der Waals surface area contributed by atoms with Gasteiger partial charge in [0.2, 0.25) is 12.5 Å².